The number of pyridine rings is 9. The lowest BCUT2D eigenvalue weighted by atomic mass is 9.83. The number of nitrogens with zero attached hydrogens (tertiary/aromatic N) is 8. The number of rotatable bonds is 3. The maximum absolute atomic E-state index is 3.20. The van der Waals surface area contributed by atoms with Gasteiger partial charge in [-0.3, -0.25) is 0 Å². The molecule has 0 amide bonds. The summed E-state index contributed by atoms with van der Waals surface area (Å²) in [5.74, 6) is 1.42. The zero-order valence-corrected chi connectivity index (χ0v) is 45.1. The molecule has 0 aliphatic carbocycles. The fourth-order valence-electron chi connectivity index (χ4n) is 11.0. The molecule has 22 heterocycles. The third-order valence-electron chi connectivity index (χ3n) is 16.0. The van der Waals surface area contributed by atoms with E-state index in [1.165, 1.54) is 50.1 Å². The van der Waals surface area contributed by atoms with E-state index in [1.807, 2.05) is 12.4 Å². The van der Waals surface area contributed by atoms with Crippen LogP contribution >= 0.6 is 0 Å². The van der Waals surface area contributed by atoms with Crippen LogP contribution in [0.15, 0.2) is 221 Å². The first-order valence-electron chi connectivity index (χ1n) is 28.3. The normalized spacial score (nSPS) is 17.3. The molecule has 9 nitrogen and oxygen atoms in total. The molecular weight excluding hydrogens is 931 g/mol. The summed E-state index contributed by atoms with van der Waals surface area (Å²) < 4.78 is 18.6. The second kappa shape index (κ2) is 26.2. The van der Waals surface area contributed by atoms with Gasteiger partial charge in [0.1, 0.15) is 0 Å². The van der Waals surface area contributed by atoms with Gasteiger partial charge in [-0.05, 0) is 99.9 Å². The molecule has 0 saturated heterocycles. The standard InChI is InChI=1S/C67H79N9/c1-56-7-8-59-13-39-69(40-14-59)31-3-34-72-45-19-62(20-46-72)65-25-51-75(52-26-65)37-6-38-76-53-27-66(28-54-76)67(10-9-58-11-29-68-30-12-58)55-57(2)61-17-43-71(44-18-61)33-5-36-74-49-23-64(24-50-74)63-21-47-73(48-22-63)35-4-32-70-41-15-60(56)16-42-70/h11-30,39-54,56-57,67H,3-10,31-38,55H2,1-2H3/q+8/p+1. The smallest absolute Gasteiger partial charge is 0.169 e. The van der Waals surface area contributed by atoms with Crippen molar-refractivity contribution in [1.82, 2.24) is 0 Å². The van der Waals surface area contributed by atoms with E-state index < -0.39 is 0 Å². The Balaban J connectivity index is 0.785. The summed E-state index contributed by atoms with van der Waals surface area (Å²) in [6.45, 7) is 12.7. The van der Waals surface area contributed by atoms with Gasteiger partial charge in [0.25, 0.3) is 0 Å². The Morgan fingerprint density at radius 2 is 0.658 bits per heavy atom. The second-order valence-electron chi connectivity index (χ2n) is 21.5. The van der Waals surface area contributed by atoms with Crippen LogP contribution in [0.1, 0.15) is 104 Å². The van der Waals surface area contributed by atoms with Crippen LogP contribution in [-0.4, -0.2) is 0 Å². The van der Waals surface area contributed by atoms with Crippen LogP contribution in [-0.2, 0) is 65.2 Å². The van der Waals surface area contributed by atoms with E-state index in [1.54, 1.807) is 0 Å². The van der Waals surface area contributed by atoms with Gasteiger partial charge in [0.05, 0.1) is 25.7 Å². The molecule has 1 N–H and O–H groups in total. The van der Waals surface area contributed by atoms with Gasteiger partial charge in [-0.15, -0.1) is 0 Å². The zero-order valence-electron chi connectivity index (χ0n) is 45.1. The molecule has 76 heavy (non-hydrogen) atoms. The van der Waals surface area contributed by atoms with Crippen molar-refractivity contribution in [2.45, 2.75) is 142 Å². The van der Waals surface area contributed by atoms with E-state index in [4.69, 9.17) is 0 Å². The lowest BCUT2D eigenvalue weighted by Crippen LogP contribution is -2.38. The van der Waals surface area contributed by atoms with Crippen LogP contribution in [0.4, 0.5) is 0 Å². The van der Waals surface area contributed by atoms with Crippen molar-refractivity contribution in [2.24, 2.45) is 0 Å². The Bertz CT molecular complexity index is 3150. The van der Waals surface area contributed by atoms with E-state index in [2.05, 4.69) is 264 Å². The fourth-order valence-corrected chi connectivity index (χ4v) is 11.0. The molecule has 0 radical (unpaired) electrons. The minimum absolute atomic E-state index is 0.444. The zero-order chi connectivity index (χ0) is 51.7. The number of hydrogen-bond donors (Lipinski definition) is 0. The van der Waals surface area contributed by atoms with Crippen LogP contribution in [0.5, 0.6) is 0 Å². The van der Waals surface area contributed by atoms with E-state index >= 15 is 0 Å². The Hall–Kier alpha value is -7.65. The largest absolute Gasteiger partial charge is 0.218 e. The van der Waals surface area contributed by atoms with E-state index in [9.17, 15) is 0 Å². The number of aromatic nitrogens is 9. The van der Waals surface area contributed by atoms with Crippen molar-refractivity contribution in [3.8, 4) is 22.3 Å². The quantitative estimate of drug-likeness (QED) is 0.160. The predicted octanol–water partition coefficient (Wildman–Crippen LogP) is 8.46. The van der Waals surface area contributed by atoms with Gasteiger partial charge in [-0.1, -0.05) is 13.8 Å². The first kappa shape index (κ1) is 51.8. The van der Waals surface area contributed by atoms with Crippen molar-refractivity contribution in [3.63, 3.8) is 0 Å². The summed E-state index contributed by atoms with van der Waals surface area (Å²) in [4.78, 5) is 3.20. The Labute approximate surface area is 452 Å². The molecule has 0 spiro atoms. The van der Waals surface area contributed by atoms with Gasteiger partial charge in [-0.25, -0.2) is 41.5 Å². The first-order valence-corrected chi connectivity index (χ1v) is 28.3. The maximum Gasteiger partial charge on any atom is 0.169 e. The number of H-pyrrole nitrogens is 1. The van der Waals surface area contributed by atoms with Crippen LogP contribution < -0.4 is 41.5 Å². The highest BCUT2D eigenvalue weighted by atomic mass is 15.0. The molecule has 0 fully saturated rings. The highest BCUT2D eigenvalue weighted by Crippen LogP contribution is 2.33. The van der Waals surface area contributed by atoms with Crippen molar-refractivity contribution in [1.29, 1.82) is 0 Å². The second-order valence-corrected chi connectivity index (χ2v) is 21.5. The summed E-state index contributed by atoms with van der Waals surface area (Å²) in [6, 6.07) is 41.2. The molecule has 13 aliphatic rings. The fraction of sp³-hybridized carbons (Fsp3) is 0.328. The summed E-state index contributed by atoms with van der Waals surface area (Å²) >= 11 is 0. The Morgan fingerprint density at radius 3 is 1.01 bits per heavy atom. The first-order chi connectivity index (χ1) is 37.4. The summed E-state index contributed by atoms with van der Waals surface area (Å²) in [7, 11) is 0. The molecule has 9 heteroatoms. The topological polar surface area (TPSA) is 45.2 Å². The molecule has 9 aromatic heterocycles. The minimum Gasteiger partial charge on any atom is -0.218 e. The van der Waals surface area contributed by atoms with Gasteiger partial charge in [-0.2, -0.15) is 0 Å². The molecular formula is C67H80N9+9. The highest BCUT2D eigenvalue weighted by Gasteiger charge is 2.20. The molecule has 16 bridgehead atoms. The van der Waals surface area contributed by atoms with Crippen molar-refractivity contribution in [2.75, 3.05) is 0 Å². The van der Waals surface area contributed by atoms with Gasteiger partial charge >= 0.3 is 0 Å². The third kappa shape index (κ3) is 14.8. The molecule has 3 unspecified atom stereocenters. The molecule has 3 atom stereocenters. The average Bonchev–Trinajstić information content (AvgIpc) is 3.47. The van der Waals surface area contributed by atoms with Crippen molar-refractivity contribution >= 4 is 0 Å². The summed E-state index contributed by atoms with van der Waals surface area (Å²) in [6.07, 6.45) is 49.9. The highest BCUT2D eigenvalue weighted by molar-refractivity contribution is 5.61. The maximum atomic E-state index is 3.20. The van der Waals surface area contributed by atoms with Gasteiger partial charge in [0.15, 0.2) is 164 Å². The van der Waals surface area contributed by atoms with Crippen molar-refractivity contribution in [3.05, 3.63) is 249 Å². The number of hydrogen-bond acceptors (Lipinski definition) is 0. The molecule has 9 aromatic rings. The Kier molecular flexibility index (Phi) is 17.9. The molecule has 13 aliphatic heterocycles. The molecule has 22 rings (SSSR count). The predicted molar refractivity (Wildman–Crippen MR) is 293 cm³/mol. The van der Waals surface area contributed by atoms with Crippen LogP contribution in [0.3, 0.4) is 0 Å². The summed E-state index contributed by atoms with van der Waals surface area (Å²) in [5, 5.41) is 0. The van der Waals surface area contributed by atoms with Crippen LogP contribution in [0.2, 0.25) is 0 Å². The monoisotopic (exact) mass is 1010 g/mol. The minimum atomic E-state index is 0.444. The van der Waals surface area contributed by atoms with Crippen LogP contribution in [0, 0.1) is 0 Å². The van der Waals surface area contributed by atoms with E-state index in [0.717, 1.165) is 110 Å². The van der Waals surface area contributed by atoms with Crippen molar-refractivity contribution < 1.29 is 41.5 Å². The third-order valence-corrected chi connectivity index (χ3v) is 16.0. The van der Waals surface area contributed by atoms with Gasteiger partial charge in [0.2, 0.25) is 0 Å². The van der Waals surface area contributed by atoms with Gasteiger partial charge in [0, 0.05) is 109 Å². The molecule has 384 valence electrons. The number of aromatic amines is 1. The van der Waals surface area contributed by atoms with Gasteiger partial charge < -0.3 is 0 Å². The molecule has 0 saturated carbocycles. The molecule has 0 aromatic carbocycles. The average molecular weight is 1010 g/mol. The van der Waals surface area contributed by atoms with E-state index in [-0.39, 0.29) is 0 Å². The number of aryl methyl sites for hydroxylation is 10. The van der Waals surface area contributed by atoms with Crippen LogP contribution in [0.25, 0.3) is 22.3 Å². The Morgan fingerprint density at radius 1 is 0.355 bits per heavy atom. The number of nitrogens with one attached hydrogen (secondary N) is 1. The lowest BCUT2D eigenvalue weighted by molar-refractivity contribution is -0.727. The summed E-state index contributed by atoms with van der Waals surface area (Å²) in [5.41, 5.74) is 12.0. The van der Waals surface area contributed by atoms with E-state index in [0.29, 0.717) is 17.8 Å². The SMILES string of the molecule is CC1CCc2cc[n+](cc2)CCC[n+]2ccc(cc2)-c2cc[n+](cc2)CCC[n+]2ccc(cc2)C(CCc2cc[nH+]cc2)CC(C)c2cc[n+](cc2)CCC[n+]2ccc(cc2)-c2cc[n+](cc2)CCC[n+]2ccc1cc2. The lowest BCUT2D eigenvalue weighted by Gasteiger charge is -2.21.